The van der Waals surface area contributed by atoms with Crippen LogP contribution >= 0.6 is 0 Å². The summed E-state index contributed by atoms with van der Waals surface area (Å²) in [7, 11) is 3.15. The molecule has 2 aromatic carbocycles. The Morgan fingerprint density at radius 3 is 2.22 bits per heavy atom. The van der Waals surface area contributed by atoms with Crippen molar-refractivity contribution < 1.29 is 23.6 Å². The van der Waals surface area contributed by atoms with Gasteiger partial charge in [0.2, 0.25) is 0 Å². The summed E-state index contributed by atoms with van der Waals surface area (Å²) in [6.07, 6.45) is 0. The van der Waals surface area contributed by atoms with Gasteiger partial charge in [0.05, 0.1) is 40.4 Å². The third-order valence-corrected chi connectivity index (χ3v) is 4.71. The van der Waals surface area contributed by atoms with Gasteiger partial charge in [-0.05, 0) is 24.3 Å². The lowest BCUT2D eigenvalue weighted by molar-refractivity contribution is -0.892. The molecule has 0 atom stereocenters. The summed E-state index contributed by atoms with van der Waals surface area (Å²) in [5, 5.41) is 2.91. The summed E-state index contributed by atoms with van der Waals surface area (Å²) in [4.78, 5) is 15.8. The molecule has 0 aromatic heterocycles. The molecule has 1 heterocycles. The molecule has 0 spiro atoms. The average Bonchev–Trinajstić information content (AvgIpc) is 2.68. The number of halogens is 1. The number of benzene rings is 2. The number of piperazine rings is 1. The highest BCUT2D eigenvalue weighted by Gasteiger charge is 2.22. The van der Waals surface area contributed by atoms with E-state index in [9.17, 15) is 9.18 Å². The largest absolute Gasteiger partial charge is 0.497 e. The zero-order valence-electron chi connectivity index (χ0n) is 15.6. The maximum Gasteiger partial charge on any atom is 0.279 e. The van der Waals surface area contributed by atoms with Crippen LogP contribution in [-0.2, 0) is 4.79 Å². The number of methoxy groups -OCH3 is 2. The van der Waals surface area contributed by atoms with Gasteiger partial charge in [-0.1, -0.05) is 0 Å². The molecule has 1 fully saturated rings. The Labute approximate surface area is 158 Å². The Morgan fingerprint density at radius 2 is 1.67 bits per heavy atom. The van der Waals surface area contributed by atoms with Crippen LogP contribution in [0.4, 0.5) is 15.8 Å². The fourth-order valence-corrected chi connectivity index (χ4v) is 3.22. The molecular weight excluding hydrogens is 349 g/mol. The highest BCUT2D eigenvalue weighted by atomic mass is 19.1. The van der Waals surface area contributed by atoms with Gasteiger partial charge in [0.25, 0.3) is 5.91 Å². The zero-order chi connectivity index (χ0) is 19.2. The molecule has 144 valence electrons. The van der Waals surface area contributed by atoms with Crippen molar-refractivity contribution in [1.29, 1.82) is 0 Å². The van der Waals surface area contributed by atoms with Crippen molar-refractivity contribution in [3.05, 3.63) is 48.3 Å². The van der Waals surface area contributed by atoms with E-state index in [1.165, 1.54) is 17.0 Å². The fraction of sp³-hybridized carbons (Fsp3) is 0.350. The van der Waals surface area contributed by atoms with Crippen LogP contribution in [-0.4, -0.2) is 52.9 Å². The van der Waals surface area contributed by atoms with E-state index in [1.54, 1.807) is 44.6 Å². The minimum atomic E-state index is -0.228. The molecule has 1 aliphatic rings. The number of nitrogens with one attached hydrogen (secondary N) is 2. The van der Waals surface area contributed by atoms with E-state index in [0.717, 1.165) is 31.9 Å². The van der Waals surface area contributed by atoms with Crippen molar-refractivity contribution in [3.63, 3.8) is 0 Å². The second-order valence-electron chi connectivity index (χ2n) is 6.54. The number of ether oxygens (including phenoxy) is 2. The molecule has 27 heavy (non-hydrogen) atoms. The first-order valence-electron chi connectivity index (χ1n) is 8.94. The number of carbonyl (C=O) groups is 1. The number of nitrogens with zero attached hydrogens (tertiary/aromatic N) is 1. The molecule has 1 aliphatic heterocycles. The van der Waals surface area contributed by atoms with Crippen LogP contribution in [0, 0.1) is 5.82 Å². The maximum absolute atomic E-state index is 13.1. The first-order chi connectivity index (χ1) is 13.1. The van der Waals surface area contributed by atoms with Gasteiger partial charge in [-0.25, -0.2) is 4.39 Å². The Hall–Kier alpha value is -2.80. The first-order valence-corrected chi connectivity index (χ1v) is 8.94. The van der Waals surface area contributed by atoms with Crippen molar-refractivity contribution in [2.45, 2.75) is 0 Å². The van der Waals surface area contributed by atoms with Crippen LogP contribution in [0.25, 0.3) is 0 Å². The Balaban J connectivity index is 1.51. The second-order valence-corrected chi connectivity index (χ2v) is 6.54. The summed E-state index contributed by atoms with van der Waals surface area (Å²) in [5.41, 5.74) is 1.67. The standard InChI is InChI=1S/C20H24FN3O3/c1-26-18-11-16(12-19(13-18)27-2)22-20(25)14-23-7-9-24(10-8-23)17-5-3-15(21)4-6-17/h3-6,11-13H,7-10,14H2,1-2H3,(H,22,25)/p+1. The maximum atomic E-state index is 13.1. The summed E-state index contributed by atoms with van der Waals surface area (Å²) < 4.78 is 23.5. The number of rotatable bonds is 6. The molecule has 2 aromatic rings. The predicted molar refractivity (Wildman–Crippen MR) is 102 cm³/mol. The van der Waals surface area contributed by atoms with Crippen molar-refractivity contribution in [3.8, 4) is 11.5 Å². The molecule has 6 nitrogen and oxygen atoms in total. The summed E-state index contributed by atoms with van der Waals surface area (Å²) in [5.74, 6) is 0.985. The summed E-state index contributed by atoms with van der Waals surface area (Å²) in [6, 6.07) is 11.8. The fourth-order valence-electron chi connectivity index (χ4n) is 3.22. The van der Waals surface area contributed by atoms with E-state index in [1.807, 2.05) is 0 Å². The van der Waals surface area contributed by atoms with Crippen molar-refractivity contribution in [2.24, 2.45) is 0 Å². The second kappa shape index (κ2) is 8.73. The van der Waals surface area contributed by atoms with Crippen LogP contribution in [0.15, 0.2) is 42.5 Å². The highest BCUT2D eigenvalue weighted by Crippen LogP contribution is 2.25. The minimum Gasteiger partial charge on any atom is -0.497 e. The Bertz CT molecular complexity index is 752. The van der Waals surface area contributed by atoms with E-state index in [0.29, 0.717) is 23.7 Å². The monoisotopic (exact) mass is 374 g/mol. The van der Waals surface area contributed by atoms with Gasteiger partial charge in [-0.15, -0.1) is 0 Å². The molecule has 0 saturated carbocycles. The number of quaternary nitrogens is 1. The van der Waals surface area contributed by atoms with Gasteiger partial charge in [-0.2, -0.15) is 0 Å². The van der Waals surface area contributed by atoms with E-state index < -0.39 is 0 Å². The van der Waals surface area contributed by atoms with Gasteiger partial charge in [-0.3, -0.25) is 4.79 Å². The van der Waals surface area contributed by atoms with Crippen LogP contribution in [0.5, 0.6) is 11.5 Å². The molecule has 3 rings (SSSR count). The van der Waals surface area contributed by atoms with E-state index in [2.05, 4.69) is 10.2 Å². The molecule has 1 saturated heterocycles. The van der Waals surface area contributed by atoms with Crippen LogP contribution in [0.2, 0.25) is 0 Å². The lowest BCUT2D eigenvalue weighted by atomic mass is 10.2. The quantitative estimate of drug-likeness (QED) is 0.798. The normalized spacial score (nSPS) is 14.7. The zero-order valence-corrected chi connectivity index (χ0v) is 15.6. The molecule has 0 aliphatic carbocycles. The Kier molecular flexibility index (Phi) is 6.13. The van der Waals surface area contributed by atoms with E-state index in [4.69, 9.17) is 9.47 Å². The molecule has 2 N–H and O–H groups in total. The molecule has 7 heteroatoms. The number of hydrogen-bond acceptors (Lipinski definition) is 4. The average molecular weight is 374 g/mol. The van der Waals surface area contributed by atoms with Crippen LogP contribution in [0.3, 0.4) is 0 Å². The highest BCUT2D eigenvalue weighted by molar-refractivity contribution is 5.91. The summed E-state index contributed by atoms with van der Waals surface area (Å²) in [6.45, 7) is 3.78. The van der Waals surface area contributed by atoms with Gasteiger partial charge in [0.1, 0.15) is 17.3 Å². The lowest BCUT2D eigenvalue weighted by Gasteiger charge is -2.33. The lowest BCUT2D eigenvalue weighted by Crippen LogP contribution is -3.15. The van der Waals surface area contributed by atoms with E-state index >= 15 is 0 Å². The van der Waals surface area contributed by atoms with Crippen LogP contribution in [0.1, 0.15) is 0 Å². The molecule has 0 unspecified atom stereocenters. The van der Waals surface area contributed by atoms with Gasteiger partial charge < -0.3 is 24.6 Å². The smallest absolute Gasteiger partial charge is 0.279 e. The van der Waals surface area contributed by atoms with Crippen molar-refractivity contribution in [1.82, 2.24) is 0 Å². The number of hydrogen-bond donors (Lipinski definition) is 2. The van der Waals surface area contributed by atoms with Crippen molar-refractivity contribution in [2.75, 3.05) is 57.2 Å². The molecule has 1 amide bonds. The topological polar surface area (TPSA) is 55.2 Å². The molecule has 0 bridgehead atoms. The Morgan fingerprint density at radius 1 is 1.07 bits per heavy atom. The minimum absolute atomic E-state index is 0.0458. The summed E-state index contributed by atoms with van der Waals surface area (Å²) >= 11 is 0. The van der Waals surface area contributed by atoms with Gasteiger partial charge in [0.15, 0.2) is 6.54 Å². The SMILES string of the molecule is COc1cc(NC(=O)C[NH+]2CCN(c3ccc(F)cc3)CC2)cc(OC)c1. The van der Waals surface area contributed by atoms with Gasteiger partial charge >= 0.3 is 0 Å². The molecular formula is C20H25FN3O3+. The third kappa shape index (κ3) is 5.10. The molecule has 0 radical (unpaired) electrons. The first kappa shape index (κ1) is 19.0. The third-order valence-electron chi connectivity index (χ3n) is 4.71. The van der Waals surface area contributed by atoms with Crippen LogP contribution < -0.4 is 24.6 Å². The van der Waals surface area contributed by atoms with E-state index in [-0.39, 0.29) is 11.7 Å². The predicted octanol–water partition coefficient (Wildman–Crippen LogP) is 1.19. The number of amides is 1. The van der Waals surface area contributed by atoms with Crippen molar-refractivity contribution >= 4 is 17.3 Å². The number of anilines is 2. The number of carbonyl (C=O) groups excluding carboxylic acids is 1. The van der Waals surface area contributed by atoms with Gasteiger partial charge in [0, 0.05) is 29.6 Å².